The van der Waals surface area contributed by atoms with E-state index in [0.717, 1.165) is 36.5 Å². The number of aromatic nitrogens is 1. The van der Waals surface area contributed by atoms with Crippen molar-refractivity contribution in [2.24, 2.45) is 0 Å². The predicted octanol–water partition coefficient (Wildman–Crippen LogP) is 4.86. The number of ether oxygens (including phenoxy) is 1. The van der Waals surface area contributed by atoms with Gasteiger partial charge < -0.3 is 9.64 Å². The topological polar surface area (TPSA) is 49.1 Å². The number of methoxy groups -OCH3 is 1. The van der Waals surface area contributed by atoms with Gasteiger partial charge >= 0.3 is 0 Å². The summed E-state index contributed by atoms with van der Waals surface area (Å²) in [7, 11) is 1.57. The van der Waals surface area contributed by atoms with Crippen molar-refractivity contribution in [3.63, 3.8) is 0 Å². The maximum absolute atomic E-state index is 9.43. The minimum atomic E-state index is 0.503. The summed E-state index contributed by atoms with van der Waals surface area (Å²) in [5.41, 5.74) is 2.98. The Kier molecular flexibility index (Phi) is 5.93. The van der Waals surface area contributed by atoms with Crippen molar-refractivity contribution < 1.29 is 4.74 Å². The summed E-state index contributed by atoms with van der Waals surface area (Å²) in [6, 6.07) is 11.7. The van der Waals surface area contributed by atoms with E-state index >= 15 is 0 Å². The number of piperidine rings is 1. The van der Waals surface area contributed by atoms with E-state index in [4.69, 9.17) is 16.3 Å². The number of hydrogen-bond acceptors (Lipinski definition) is 4. The summed E-state index contributed by atoms with van der Waals surface area (Å²) in [6.45, 7) is 1.68. The highest BCUT2D eigenvalue weighted by Gasteiger charge is 2.20. The molecular formula is C21H20ClN3O. The van der Waals surface area contributed by atoms with Gasteiger partial charge in [0.1, 0.15) is 23.2 Å². The predicted molar refractivity (Wildman–Crippen MR) is 106 cm³/mol. The average Bonchev–Trinajstić information content (AvgIpc) is 2.68. The Balaban J connectivity index is 1.65. The quantitative estimate of drug-likeness (QED) is 0.776. The van der Waals surface area contributed by atoms with Crippen molar-refractivity contribution in [3.05, 3.63) is 70.4 Å². The zero-order valence-electron chi connectivity index (χ0n) is 14.7. The standard InChI is InChI=1S/C21H20ClN3O/c1-26-20-8-11-24-21(19(20)15-23)25-12-9-16(10-13-25)4-2-5-17-6-3-7-18(22)14-17/h2-8,11,14H,9-10,12-13H2,1H3/b5-2+. The minimum Gasteiger partial charge on any atom is -0.495 e. The molecule has 0 unspecified atom stereocenters. The van der Waals surface area contributed by atoms with Crippen LogP contribution in [0.4, 0.5) is 5.82 Å². The lowest BCUT2D eigenvalue weighted by molar-refractivity contribution is 0.412. The zero-order valence-corrected chi connectivity index (χ0v) is 15.4. The molecule has 0 saturated carbocycles. The lowest BCUT2D eigenvalue weighted by Crippen LogP contribution is -2.32. The second-order valence-electron chi connectivity index (χ2n) is 6.05. The van der Waals surface area contributed by atoms with E-state index in [9.17, 15) is 5.26 Å². The molecule has 1 aliphatic heterocycles. The van der Waals surface area contributed by atoms with Crippen LogP contribution >= 0.6 is 11.6 Å². The van der Waals surface area contributed by atoms with Gasteiger partial charge in [-0.2, -0.15) is 5.26 Å². The fraction of sp³-hybridized carbons (Fsp3) is 0.238. The van der Waals surface area contributed by atoms with E-state index in [1.807, 2.05) is 24.3 Å². The fourth-order valence-electron chi connectivity index (χ4n) is 3.03. The van der Waals surface area contributed by atoms with Gasteiger partial charge in [-0.05, 0) is 36.6 Å². The van der Waals surface area contributed by atoms with Gasteiger partial charge in [0.2, 0.25) is 0 Å². The summed E-state index contributed by atoms with van der Waals surface area (Å²) in [5, 5.41) is 10.2. The van der Waals surface area contributed by atoms with E-state index in [0.29, 0.717) is 17.1 Å². The first kappa shape index (κ1) is 18.0. The Hall–Kier alpha value is -2.77. The third-order valence-corrected chi connectivity index (χ3v) is 4.63. The Morgan fingerprint density at radius 2 is 2.08 bits per heavy atom. The number of rotatable bonds is 4. The molecule has 0 aliphatic carbocycles. The molecule has 0 spiro atoms. The monoisotopic (exact) mass is 365 g/mol. The molecule has 2 heterocycles. The molecule has 0 radical (unpaired) electrons. The van der Waals surface area contributed by atoms with Crippen molar-refractivity contribution in [3.8, 4) is 11.8 Å². The first-order valence-electron chi connectivity index (χ1n) is 8.51. The van der Waals surface area contributed by atoms with Crippen molar-refractivity contribution >= 4 is 23.5 Å². The van der Waals surface area contributed by atoms with E-state index in [-0.39, 0.29) is 0 Å². The van der Waals surface area contributed by atoms with Crippen LogP contribution in [-0.4, -0.2) is 25.2 Å². The third-order valence-electron chi connectivity index (χ3n) is 4.40. The molecule has 1 aromatic carbocycles. The van der Waals surface area contributed by atoms with Gasteiger partial charge in [0.15, 0.2) is 0 Å². The molecule has 5 heteroatoms. The highest BCUT2D eigenvalue weighted by atomic mass is 35.5. The SMILES string of the molecule is COc1ccnc(N2CCC(=C/C=C/c3cccc(Cl)c3)CC2)c1C#N. The van der Waals surface area contributed by atoms with Gasteiger partial charge in [-0.3, -0.25) is 0 Å². The summed E-state index contributed by atoms with van der Waals surface area (Å²) >= 11 is 6.00. The minimum absolute atomic E-state index is 0.503. The molecular weight excluding hydrogens is 346 g/mol. The van der Waals surface area contributed by atoms with Crippen LogP contribution in [0, 0.1) is 11.3 Å². The van der Waals surface area contributed by atoms with Crippen molar-refractivity contribution in [1.29, 1.82) is 5.26 Å². The summed E-state index contributed by atoms with van der Waals surface area (Å²) in [4.78, 5) is 6.55. The van der Waals surface area contributed by atoms with Crippen LogP contribution in [0.25, 0.3) is 6.08 Å². The number of pyridine rings is 1. The maximum Gasteiger partial charge on any atom is 0.150 e. The molecule has 0 N–H and O–H groups in total. The van der Waals surface area contributed by atoms with E-state index < -0.39 is 0 Å². The maximum atomic E-state index is 9.43. The van der Waals surface area contributed by atoms with Gasteiger partial charge in [-0.15, -0.1) is 0 Å². The highest BCUT2D eigenvalue weighted by molar-refractivity contribution is 6.30. The summed E-state index contributed by atoms with van der Waals surface area (Å²) < 4.78 is 5.27. The lowest BCUT2D eigenvalue weighted by atomic mass is 10.0. The van der Waals surface area contributed by atoms with Crippen LogP contribution in [0.3, 0.4) is 0 Å². The zero-order chi connectivity index (χ0) is 18.4. The van der Waals surface area contributed by atoms with Crippen LogP contribution in [0.1, 0.15) is 24.0 Å². The number of allylic oxidation sites excluding steroid dienone is 2. The van der Waals surface area contributed by atoms with Crippen molar-refractivity contribution in [1.82, 2.24) is 4.98 Å². The van der Waals surface area contributed by atoms with Crippen LogP contribution in [0.2, 0.25) is 5.02 Å². The molecule has 0 bridgehead atoms. The van der Waals surface area contributed by atoms with Gasteiger partial charge in [-0.1, -0.05) is 47.5 Å². The van der Waals surface area contributed by atoms with E-state index in [1.165, 1.54) is 5.57 Å². The van der Waals surface area contributed by atoms with Crippen LogP contribution in [0.5, 0.6) is 5.75 Å². The molecule has 1 aromatic heterocycles. The Labute approximate surface area is 159 Å². The first-order valence-corrected chi connectivity index (χ1v) is 8.89. The largest absolute Gasteiger partial charge is 0.495 e. The molecule has 3 rings (SSSR count). The van der Waals surface area contributed by atoms with E-state index in [1.54, 1.807) is 19.4 Å². The molecule has 0 atom stereocenters. The first-order chi connectivity index (χ1) is 12.7. The van der Waals surface area contributed by atoms with Gasteiger partial charge in [0.25, 0.3) is 0 Å². The summed E-state index contributed by atoms with van der Waals surface area (Å²) in [5.74, 6) is 1.28. The number of anilines is 1. The number of nitrogens with zero attached hydrogens (tertiary/aromatic N) is 3. The lowest BCUT2D eigenvalue weighted by Gasteiger charge is -2.30. The molecule has 1 aliphatic rings. The Morgan fingerprint density at radius 3 is 2.77 bits per heavy atom. The van der Waals surface area contributed by atoms with Crippen LogP contribution in [-0.2, 0) is 0 Å². The van der Waals surface area contributed by atoms with Gasteiger partial charge in [-0.25, -0.2) is 4.98 Å². The third kappa shape index (κ3) is 4.25. The van der Waals surface area contributed by atoms with Crippen LogP contribution in [0.15, 0.2) is 54.3 Å². The Bertz CT molecular complexity index is 873. The Morgan fingerprint density at radius 1 is 1.27 bits per heavy atom. The number of nitriles is 1. The van der Waals surface area contributed by atoms with Gasteiger partial charge in [0.05, 0.1) is 7.11 Å². The second kappa shape index (κ2) is 8.55. The van der Waals surface area contributed by atoms with Gasteiger partial charge in [0, 0.05) is 24.3 Å². The van der Waals surface area contributed by atoms with E-state index in [2.05, 4.69) is 34.2 Å². The summed E-state index contributed by atoms with van der Waals surface area (Å²) in [6.07, 6.45) is 9.88. The average molecular weight is 366 g/mol. The van der Waals surface area contributed by atoms with Crippen LogP contribution < -0.4 is 9.64 Å². The molecule has 26 heavy (non-hydrogen) atoms. The normalized spacial score (nSPS) is 14.3. The molecule has 2 aromatic rings. The smallest absolute Gasteiger partial charge is 0.150 e. The fourth-order valence-corrected chi connectivity index (χ4v) is 3.23. The number of hydrogen-bond donors (Lipinski definition) is 0. The highest BCUT2D eigenvalue weighted by Crippen LogP contribution is 2.29. The second-order valence-corrected chi connectivity index (χ2v) is 6.49. The van der Waals surface area contributed by atoms with Crippen molar-refractivity contribution in [2.45, 2.75) is 12.8 Å². The molecule has 132 valence electrons. The number of benzene rings is 1. The molecule has 4 nitrogen and oxygen atoms in total. The molecule has 1 fully saturated rings. The molecule has 1 saturated heterocycles. The number of halogens is 1. The van der Waals surface area contributed by atoms with Crippen molar-refractivity contribution in [2.75, 3.05) is 25.1 Å². The molecule has 0 amide bonds.